The first kappa shape index (κ1) is 11.9. The van der Waals surface area contributed by atoms with Crippen LogP contribution in [-0.4, -0.2) is 11.3 Å². The molecule has 12 heavy (non-hydrogen) atoms. The summed E-state index contributed by atoms with van der Waals surface area (Å²) in [4.78, 5) is 0. The van der Waals surface area contributed by atoms with E-state index in [0.29, 0.717) is 6.42 Å². The molecule has 1 radical (unpaired) electrons. The first-order valence-electron chi connectivity index (χ1n) is 4.76. The van der Waals surface area contributed by atoms with Crippen LogP contribution in [0, 0.1) is 0 Å². The molecule has 0 rings (SSSR count). The van der Waals surface area contributed by atoms with Crippen molar-refractivity contribution in [3.8, 4) is 0 Å². The van der Waals surface area contributed by atoms with Gasteiger partial charge in [-0.1, -0.05) is 13.3 Å². The average molecular weight is 172 g/mol. The fourth-order valence-corrected chi connectivity index (χ4v) is 1.37. The summed E-state index contributed by atoms with van der Waals surface area (Å²) in [5.41, 5.74) is -1.04. The average Bonchev–Trinajstić information content (AvgIpc) is 1.78. The zero-order chi connectivity index (χ0) is 9.83. The molecule has 0 aliphatic carbocycles. The fraction of sp³-hybridized carbons (Fsp3) is 1.00. The minimum Gasteiger partial charge on any atom is -0.282 e. The summed E-state index contributed by atoms with van der Waals surface area (Å²) in [7, 11) is 0. The van der Waals surface area contributed by atoms with E-state index in [1.54, 1.807) is 6.92 Å². The van der Waals surface area contributed by atoms with E-state index in [1.807, 2.05) is 20.8 Å². The van der Waals surface area contributed by atoms with Gasteiger partial charge in [0.05, 0.1) is 0 Å². The highest BCUT2D eigenvalue weighted by molar-refractivity contribution is 4.79. The van der Waals surface area contributed by atoms with Gasteiger partial charge >= 0.3 is 0 Å². The van der Waals surface area contributed by atoms with Gasteiger partial charge in [0, 0.05) is 5.54 Å². The second kappa shape index (κ2) is 4.24. The highest BCUT2D eigenvalue weighted by atomic mass is 16.3. The maximum absolute atomic E-state index is 11.8. The largest absolute Gasteiger partial charge is 0.282 e. The maximum Gasteiger partial charge on any atom is 0.151 e. The summed E-state index contributed by atoms with van der Waals surface area (Å²) in [6.07, 6.45) is 2.80. The Morgan fingerprint density at radius 2 is 1.67 bits per heavy atom. The monoisotopic (exact) mass is 172 g/mol. The quantitative estimate of drug-likeness (QED) is 0.650. The molecule has 0 heterocycles. The van der Waals surface area contributed by atoms with Crippen molar-refractivity contribution in [3.63, 3.8) is 0 Å². The van der Waals surface area contributed by atoms with Crippen LogP contribution >= 0.6 is 0 Å². The van der Waals surface area contributed by atoms with Gasteiger partial charge in [-0.15, -0.1) is 0 Å². The molecule has 1 unspecified atom stereocenters. The molecular formula is C10H22NO. The second-order valence-electron chi connectivity index (χ2n) is 4.71. The number of unbranched alkanes of at least 4 members (excludes halogenated alkanes) is 1. The second-order valence-corrected chi connectivity index (χ2v) is 4.71. The van der Waals surface area contributed by atoms with Gasteiger partial charge in [-0.25, -0.2) is 5.11 Å². The molecular weight excluding hydrogens is 150 g/mol. The molecule has 0 aliphatic heterocycles. The minimum atomic E-state index is -0.964. The molecule has 0 aliphatic rings. The van der Waals surface area contributed by atoms with Crippen LogP contribution in [0.3, 0.4) is 0 Å². The summed E-state index contributed by atoms with van der Waals surface area (Å²) in [6.45, 7) is 9.90. The lowest BCUT2D eigenvalue weighted by molar-refractivity contribution is -0.0681. The molecule has 0 spiro atoms. The number of rotatable bonds is 4. The molecule has 0 aromatic carbocycles. The predicted octanol–water partition coefficient (Wildman–Crippen LogP) is 2.71. The molecule has 0 saturated carbocycles. The van der Waals surface area contributed by atoms with E-state index < -0.39 is 5.72 Å². The van der Waals surface area contributed by atoms with Crippen molar-refractivity contribution in [1.29, 1.82) is 0 Å². The smallest absolute Gasteiger partial charge is 0.151 e. The van der Waals surface area contributed by atoms with Crippen LogP contribution in [0.2, 0.25) is 0 Å². The SMILES string of the molecule is CCCCC(C)([O])NC(C)(C)C. The molecule has 2 nitrogen and oxygen atoms in total. The molecule has 1 atom stereocenters. The lowest BCUT2D eigenvalue weighted by atomic mass is 10.0. The molecule has 0 aromatic heterocycles. The molecule has 73 valence electrons. The van der Waals surface area contributed by atoms with E-state index in [0.717, 1.165) is 12.8 Å². The topological polar surface area (TPSA) is 31.9 Å². The minimum absolute atomic E-state index is 0.0791. The summed E-state index contributed by atoms with van der Waals surface area (Å²) in [5, 5.41) is 14.8. The normalized spacial score (nSPS) is 17.5. The van der Waals surface area contributed by atoms with E-state index in [9.17, 15) is 5.11 Å². The highest BCUT2D eigenvalue weighted by Gasteiger charge is 2.26. The van der Waals surface area contributed by atoms with Gasteiger partial charge in [-0.05, 0) is 40.5 Å². The third kappa shape index (κ3) is 6.62. The summed E-state index contributed by atoms with van der Waals surface area (Å²) in [5.74, 6) is 0. The third-order valence-corrected chi connectivity index (χ3v) is 1.65. The molecule has 0 saturated heterocycles. The summed E-state index contributed by atoms with van der Waals surface area (Å²) < 4.78 is 0. The van der Waals surface area contributed by atoms with Crippen LogP contribution in [0.25, 0.3) is 0 Å². The Labute approximate surface area is 76.4 Å². The fourth-order valence-electron chi connectivity index (χ4n) is 1.37. The van der Waals surface area contributed by atoms with E-state index in [2.05, 4.69) is 12.2 Å². The lowest BCUT2D eigenvalue weighted by Gasteiger charge is -2.31. The Bertz CT molecular complexity index is 124. The van der Waals surface area contributed by atoms with Crippen LogP contribution in [0.15, 0.2) is 0 Å². The van der Waals surface area contributed by atoms with Crippen molar-refractivity contribution in [2.24, 2.45) is 0 Å². The Balaban J connectivity index is 3.86. The Kier molecular flexibility index (Phi) is 4.21. The molecule has 2 heteroatoms. The van der Waals surface area contributed by atoms with Gasteiger partial charge in [0.15, 0.2) is 5.72 Å². The van der Waals surface area contributed by atoms with Gasteiger partial charge in [0.1, 0.15) is 0 Å². The van der Waals surface area contributed by atoms with Gasteiger partial charge in [0.25, 0.3) is 0 Å². The summed E-state index contributed by atoms with van der Waals surface area (Å²) in [6, 6.07) is 0. The van der Waals surface area contributed by atoms with E-state index >= 15 is 0 Å². The lowest BCUT2D eigenvalue weighted by Crippen LogP contribution is -2.51. The summed E-state index contributed by atoms with van der Waals surface area (Å²) >= 11 is 0. The number of hydrogen-bond acceptors (Lipinski definition) is 1. The molecule has 0 bridgehead atoms. The zero-order valence-electron chi connectivity index (χ0n) is 9.03. The molecule has 0 aromatic rings. The van der Waals surface area contributed by atoms with Crippen LogP contribution < -0.4 is 5.32 Å². The van der Waals surface area contributed by atoms with Crippen molar-refractivity contribution >= 4 is 0 Å². The Hall–Kier alpha value is -0.0800. The number of hydrogen-bond donors (Lipinski definition) is 1. The van der Waals surface area contributed by atoms with Crippen molar-refractivity contribution in [2.75, 3.05) is 0 Å². The van der Waals surface area contributed by atoms with Crippen molar-refractivity contribution < 1.29 is 5.11 Å². The zero-order valence-corrected chi connectivity index (χ0v) is 9.03. The molecule has 0 amide bonds. The predicted molar refractivity (Wildman–Crippen MR) is 51.5 cm³/mol. The Morgan fingerprint density at radius 3 is 2.00 bits per heavy atom. The third-order valence-electron chi connectivity index (χ3n) is 1.65. The van der Waals surface area contributed by atoms with Gasteiger partial charge in [-0.3, -0.25) is 5.32 Å². The van der Waals surface area contributed by atoms with E-state index in [4.69, 9.17) is 0 Å². The maximum atomic E-state index is 11.8. The first-order valence-corrected chi connectivity index (χ1v) is 4.76. The van der Waals surface area contributed by atoms with E-state index in [-0.39, 0.29) is 5.54 Å². The first-order chi connectivity index (χ1) is 5.27. The van der Waals surface area contributed by atoms with Gasteiger partial charge < -0.3 is 0 Å². The molecule has 0 fully saturated rings. The molecule has 1 N–H and O–H groups in total. The standard InChI is InChI=1S/C10H22NO/c1-6-7-8-10(5,12)11-9(2,3)4/h11H,6-8H2,1-5H3. The van der Waals surface area contributed by atoms with Gasteiger partial charge in [0.2, 0.25) is 0 Å². The van der Waals surface area contributed by atoms with Crippen molar-refractivity contribution in [3.05, 3.63) is 0 Å². The Morgan fingerprint density at radius 1 is 1.17 bits per heavy atom. The van der Waals surface area contributed by atoms with Crippen LogP contribution in [-0.2, 0) is 5.11 Å². The van der Waals surface area contributed by atoms with Crippen LogP contribution in [0.1, 0.15) is 53.9 Å². The van der Waals surface area contributed by atoms with Crippen LogP contribution in [0.5, 0.6) is 0 Å². The van der Waals surface area contributed by atoms with Crippen molar-refractivity contribution in [1.82, 2.24) is 5.32 Å². The van der Waals surface area contributed by atoms with Crippen molar-refractivity contribution in [2.45, 2.75) is 65.1 Å². The van der Waals surface area contributed by atoms with E-state index in [1.165, 1.54) is 0 Å². The number of nitrogens with one attached hydrogen (secondary N) is 1. The van der Waals surface area contributed by atoms with Gasteiger partial charge in [-0.2, -0.15) is 0 Å². The highest BCUT2D eigenvalue weighted by Crippen LogP contribution is 2.15. The van der Waals surface area contributed by atoms with Crippen LogP contribution in [0.4, 0.5) is 0 Å².